The van der Waals surface area contributed by atoms with Gasteiger partial charge in [-0.3, -0.25) is 4.79 Å². The van der Waals surface area contributed by atoms with E-state index in [0.29, 0.717) is 25.6 Å². The summed E-state index contributed by atoms with van der Waals surface area (Å²) < 4.78 is 41.4. The van der Waals surface area contributed by atoms with Gasteiger partial charge in [-0.05, 0) is 37.5 Å². The number of ether oxygens (including phenoxy) is 1. The Hall–Kier alpha value is -2.45. The Labute approximate surface area is 175 Å². The number of aliphatic imine (C=N–C) groups is 1. The Kier molecular flexibility index (Phi) is 8.37. The summed E-state index contributed by atoms with van der Waals surface area (Å²) in [5.74, 6) is 0.904. The molecule has 2 rings (SSSR count). The first-order valence-corrected chi connectivity index (χ1v) is 10.2. The van der Waals surface area contributed by atoms with E-state index in [1.807, 2.05) is 6.92 Å². The van der Waals surface area contributed by atoms with E-state index in [0.717, 1.165) is 31.2 Å². The number of alkyl halides is 3. The molecule has 1 aliphatic carbocycles. The highest BCUT2D eigenvalue weighted by Gasteiger charge is 2.42. The van der Waals surface area contributed by atoms with E-state index in [-0.39, 0.29) is 11.7 Å². The number of rotatable bonds is 8. The van der Waals surface area contributed by atoms with Crippen LogP contribution in [-0.2, 0) is 11.3 Å². The molecule has 9 heteroatoms. The average molecular weight is 428 g/mol. The molecule has 30 heavy (non-hydrogen) atoms. The van der Waals surface area contributed by atoms with Gasteiger partial charge in [0.2, 0.25) is 5.91 Å². The third kappa shape index (κ3) is 7.11. The molecule has 1 fully saturated rings. The molecule has 168 valence electrons. The quantitative estimate of drug-likeness (QED) is 0.492. The Morgan fingerprint density at radius 1 is 1.17 bits per heavy atom. The first-order chi connectivity index (χ1) is 14.1. The van der Waals surface area contributed by atoms with Crippen LogP contribution in [0.5, 0.6) is 5.75 Å². The number of benzene rings is 1. The second kappa shape index (κ2) is 10.5. The Morgan fingerprint density at radius 2 is 1.80 bits per heavy atom. The number of nitrogens with zero attached hydrogens (tertiary/aromatic N) is 2. The first kappa shape index (κ1) is 23.8. The van der Waals surface area contributed by atoms with Crippen molar-refractivity contribution in [2.24, 2.45) is 10.4 Å². The summed E-state index contributed by atoms with van der Waals surface area (Å²) in [5, 5.41) is 6.47. The van der Waals surface area contributed by atoms with Crippen LogP contribution in [0.3, 0.4) is 0 Å². The highest BCUT2D eigenvalue weighted by Crippen LogP contribution is 2.38. The third-order valence-corrected chi connectivity index (χ3v) is 5.10. The van der Waals surface area contributed by atoms with Crippen molar-refractivity contribution in [3.8, 4) is 5.75 Å². The Balaban J connectivity index is 1.97. The standard InChI is InChI=1S/C21H31F3N4O2/c1-4-25-19(27-14-20(11-5-6-12-20)18(29)28(2)3)26-13-16-7-9-17(10-8-16)30-15-21(22,23)24/h7-10H,4-6,11-15H2,1-3H3,(H2,25,26,27). The molecule has 0 heterocycles. The first-order valence-electron chi connectivity index (χ1n) is 10.2. The van der Waals surface area contributed by atoms with Gasteiger partial charge in [-0.15, -0.1) is 0 Å². The molecule has 6 nitrogen and oxygen atoms in total. The molecular weight excluding hydrogens is 397 g/mol. The van der Waals surface area contributed by atoms with Crippen LogP contribution in [0.4, 0.5) is 13.2 Å². The van der Waals surface area contributed by atoms with Gasteiger partial charge in [0.25, 0.3) is 0 Å². The Morgan fingerprint density at radius 3 is 2.33 bits per heavy atom. The molecule has 2 N–H and O–H groups in total. The summed E-state index contributed by atoms with van der Waals surface area (Å²) in [5.41, 5.74) is 0.434. The zero-order chi connectivity index (χ0) is 22.2. The van der Waals surface area contributed by atoms with Crippen molar-refractivity contribution in [1.82, 2.24) is 15.5 Å². The number of amides is 1. The van der Waals surface area contributed by atoms with E-state index in [2.05, 4.69) is 15.6 Å². The van der Waals surface area contributed by atoms with Gasteiger partial charge in [0.15, 0.2) is 12.6 Å². The van der Waals surface area contributed by atoms with Gasteiger partial charge >= 0.3 is 6.18 Å². The summed E-state index contributed by atoms with van der Waals surface area (Å²) in [6, 6.07) is 6.38. The van der Waals surface area contributed by atoms with Crippen LogP contribution in [0.2, 0.25) is 0 Å². The molecule has 1 saturated carbocycles. The fourth-order valence-corrected chi connectivity index (χ4v) is 3.61. The predicted octanol–water partition coefficient (Wildman–Crippen LogP) is 3.33. The topological polar surface area (TPSA) is 66.0 Å². The minimum absolute atomic E-state index is 0.137. The molecule has 0 radical (unpaired) electrons. The fourth-order valence-electron chi connectivity index (χ4n) is 3.61. The maximum atomic E-state index is 12.7. The van der Waals surface area contributed by atoms with Gasteiger partial charge in [-0.25, -0.2) is 4.99 Å². The number of hydrogen-bond donors (Lipinski definition) is 2. The molecule has 0 unspecified atom stereocenters. The summed E-state index contributed by atoms with van der Waals surface area (Å²) in [6.07, 6.45) is -0.568. The lowest BCUT2D eigenvalue weighted by atomic mass is 9.84. The molecule has 0 aromatic heterocycles. The minimum Gasteiger partial charge on any atom is -0.484 e. The maximum Gasteiger partial charge on any atom is 0.422 e. The molecule has 1 aliphatic rings. The summed E-state index contributed by atoms with van der Waals surface area (Å²) in [7, 11) is 3.56. The lowest BCUT2D eigenvalue weighted by Crippen LogP contribution is -2.49. The van der Waals surface area contributed by atoms with E-state index in [9.17, 15) is 18.0 Å². The van der Waals surface area contributed by atoms with E-state index in [1.165, 1.54) is 12.1 Å². The largest absolute Gasteiger partial charge is 0.484 e. The number of carbonyl (C=O) groups is 1. The SMILES string of the molecule is CCNC(=NCc1ccc(OCC(F)(F)F)cc1)NCC1(C(=O)N(C)C)CCCC1. The van der Waals surface area contributed by atoms with E-state index < -0.39 is 18.2 Å². The highest BCUT2D eigenvalue weighted by molar-refractivity contribution is 5.85. The van der Waals surface area contributed by atoms with Gasteiger partial charge in [0.1, 0.15) is 5.75 Å². The van der Waals surface area contributed by atoms with Crippen LogP contribution < -0.4 is 15.4 Å². The summed E-state index contributed by atoms with van der Waals surface area (Å²) >= 11 is 0. The number of carbonyl (C=O) groups excluding carboxylic acids is 1. The molecule has 0 saturated heterocycles. The number of guanidine groups is 1. The van der Waals surface area contributed by atoms with Crippen molar-refractivity contribution in [1.29, 1.82) is 0 Å². The lowest BCUT2D eigenvalue weighted by molar-refractivity contribution is -0.153. The molecular formula is C21H31F3N4O2. The van der Waals surface area contributed by atoms with Crippen LogP contribution in [0.25, 0.3) is 0 Å². The van der Waals surface area contributed by atoms with Crippen LogP contribution >= 0.6 is 0 Å². The highest BCUT2D eigenvalue weighted by atomic mass is 19.4. The van der Waals surface area contributed by atoms with Gasteiger partial charge < -0.3 is 20.3 Å². The van der Waals surface area contributed by atoms with Crippen molar-refractivity contribution in [2.45, 2.75) is 45.3 Å². The van der Waals surface area contributed by atoms with Crippen molar-refractivity contribution in [2.75, 3.05) is 33.8 Å². The number of halogens is 3. The third-order valence-electron chi connectivity index (χ3n) is 5.10. The molecule has 0 atom stereocenters. The fraction of sp³-hybridized carbons (Fsp3) is 0.619. The molecule has 1 amide bonds. The second-order valence-electron chi connectivity index (χ2n) is 7.78. The lowest BCUT2D eigenvalue weighted by Gasteiger charge is -2.31. The smallest absolute Gasteiger partial charge is 0.422 e. The monoisotopic (exact) mass is 428 g/mol. The molecule has 0 bridgehead atoms. The van der Waals surface area contributed by atoms with Gasteiger partial charge in [0.05, 0.1) is 12.0 Å². The average Bonchev–Trinajstić information content (AvgIpc) is 3.18. The van der Waals surface area contributed by atoms with Crippen molar-refractivity contribution in [3.05, 3.63) is 29.8 Å². The predicted molar refractivity (Wildman–Crippen MR) is 110 cm³/mol. The van der Waals surface area contributed by atoms with Crippen molar-refractivity contribution >= 4 is 11.9 Å². The Bertz CT molecular complexity index is 712. The van der Waals surface area contributed by atoms with Crippen LogP contribution in [0.15, 0.2) is 29.3 Å². The summed E-state index contributed by atoms with van der Waals surface area (Å²) in [4.78, 5) is 18.9. The van der Waals surface area contributed by atoms with E-state index in [1.54, 1.807) is 31.1 Å². The maximum absolute atomic E-state index is 12.7. The zero-order valence-corrected chi connectivity index (χ0v) is 17.8. The molecule has 0 spiro atoms. The number of hydrogen-bond acceptors (Lipinski definition) is 3. The summed E-state index contributed by atoms with van der Waals surface area (Å²) in [6.45, 7) is 2.18. The van der Waals surface area contributed by atoms with Crippen LogP contribution in [-0.4, -0.2) is 56.7 Å². The van der Waals surface area contributed by atoms with Crippen LogP contribution in [0.1, 0.15) is 38.2 Å². The molecule has 1 aromatic rings. The molecule has 1 aromatic carbocycles. The van der Waals surface area contributed by atoms with Gasteiger partial charge in [-0.2, -0.15) is 13.2 Å². The van der Waals surface area contributed by atoms with Gasteiger partial charge in [-0.1, -0.05) is 25.0 Å². The molecule has 0 aliphatic heterocycles. The minimum atomic E-state index is -4.36. The van der Waals surface area contributed by atoms with Crippen molar-refractivity contribution in [3.63, 3.8) is 0 Å². The normalized spacial score (nSPS) is 16.3. The van der Waals surface area contributed by atoms with Crippen LogP contribution in [0, 0.1) is 5.41 Å². The second-order valence-corrected chi connectivity index (χ2v) is 7.78. The van der Waals surface area contributed by atoms with E-state index >= 15 is 0 Å². The van der Waals surface area contributed by atoms with Gasteiger partial charge in [0, 0.05) is 27.2 Å². The van der Waals surface area contributed by atoms with Crippen molar-refractivity contribution < 1.29 is 22.7 Å². The zero-order valence-electron chi connectivity index (χ0n) is 17.8. The number of nitrogens with one attached hydrogen (secondary N) is 2. The van der Waals surface area contributed by atoms with E-state index in [4.69, 9.17) is 4.74 Å².